The average molecular weight is 287 g/mol. The molecule has 106 valence electrons. The summed E-state index contributed by atoms with van der Waals surface area (Å²) in [6.45, 7) is 4.13. The van der Waals surface area contributed by atoms with Gasteiger partial charge in [-0.3, -0.25) is 4.79 Å². The molecule has 0 saturated carbocycles. The van der Waals surface area contributed by atoms with Gasteiger partial charge in [-0.15, -0.1) is 5.10 Å². The first-order valence-corrected chi connectivity index (χ1v) is 7.72. The van der Waals surface area contributed by atoms with E-state index in [2.05, 4.69) is 15.0 Å². The summed E-state index contributed by atoms with van der Waals surface area (Å²) in [6, 6.07) is 0.112. The summed E-state index contributed by atoms with van der Waals surface area (Å²) in [5, 5.41) is 7.58. The van der Waals surface area contributed by atoms with Gasteiger partial charge in [-0.2, -0.15) is 0 Å². The number of rotatable bonds is 4. The van der Waals surface area contributed by atoms with Crippen LogP contribution in [0.3, 0.4) is 0 Å². The monoisotopic (exact) mass is 287 g/mol. The molecule has 1 aliphatic rings. The molecule has 1 amide bonds. The second-order valence-corrected chi connectivity index (χ2v) is 6.99. The molecular weight excluding hydrogens is 270 g/mol. The maximum Gasteiger partial charge on any atom is 0.243 e. The normalized spacial score (nSPS) is 17.3. The number of amides is 1. The fourth-order valence-corrected chi connectivity index (χ4v) is 3.12. The predicted molar refractivity (Wildman–Crippen MR) is 67.7 cm³/mol. The van der Waals surface area contributed by atoms with Crippen LogP contribution < -0.4 is 4.72 Å². The van der Waals surface area contributed by atoms with Crippen LogP contribution in [-0.2, 0) is 14.8 Å². The van der Waals surface area contributed by atoms with E-state index in [0.717, 1.165) is 6.26 Å². The number of hydrogen-bond donors (Lipinski definition) is 1. The van der Waals surface area contributed by atoms with Gasteiger partial charge in [0.25, 0.3) is 0 Å². The van der Waals surface area contributed by atoms with E-state index in [9.17, 15) is 13.2 Å². The zero-order valence-corrected chi connectivity index (χ0v) is 11.9. The quantitative estimate of drug-likeness (QED) is 0.765. The molecule has 0 bridgehead atoms. The molecule has 1 fully saturated rings. The number of hydrogen-bond acceptors (Lipinski definition) is 5. The van der Waals surface area contributed by atoms with Gasteiger partial charge < -0.3 is 4.90 Å². The topological polar surface area (TPSA) is 97.2 Å². The average Bonchev–Trinajstić information content (AvgIpc) is 2.64. The van der Waals surface area contributed by atoms with Crippen molar-refractivity contribution in [3.05, 3.63) is 12.4 Å². The molecule has 0 radical (unpaired) electrons. The van der Waals surface area contributed by atoms with Crippen LogP contribution in [0.1, 0.15) is 19.9 Å². The highest BCUT2D eigenvalue weighted by Crippen LogP contribution is 2.23. The maximum absolute atomic E-state index is 12.2. The van der Waals surface area contributed by atoms with Crippen LogP contribution in [0.2, 0.25) is 0 Å². The standard InChI is InChI=1S/C10H17N5O3S/c1-10(2,12-19(3,17)18)9(16)14-6-8(7-14)15-5-4-11-13-15/h4-5,8,12H,6-7H2,1-3H3. The Morgan fingerprint density at radius 2 is 2.05 bits per heavy atom. The zero-order chi connectivity index (χ0) is 14.3. The number of aromatic nitrogens is 3. The second-order valence-electron chi connectivity index (χ2n) is 5.25. The molecule has 0 atom stereocenters. The Bertz CT molecular complexity index is 560. The van der Waals surface area contributed by atoms with Gasteiger partial charge in [-0.25, -0.2) is 17.8 Å². The number of nitrogens with one attached hydrogen (secondary N) is 1. The molecule has 9 heteroatoms. The Hall–Kier alpha value is -1.48. The smallest absolute Gasteiger partial charge is 0.243 e. The van der Waals surface area contributed by atoms with E-state index in [1.54, 1.807) is 35.8 Å². The molecule has 2 heterocycles. The third-order valence-corrected chi connectivity index (χ3v) is 3.82. The van der Waals surface area contributed by atoms with Crippen LogP contribution in [0.15, 0.2) is 12.4 Å². The van der Waals surface area contributed by atoms with Crippen LogP contribution in [0.25, 0.3) is 0 Å². The molecule has 0 unspecified atom stereocenters. The highest BCUT2D eigenvalue weighted by atomic mass is 32.2. The summed E-state index contributed by atoms with van der Waals surface area (Å²) < 4.78 is 26.5. The van der Waals surface area contributed by atoms with E-state index in [4.69, 9.17) is 0 Å². The van der Waals surface area contributed by atoms with Crippen molar-refractivity contribution in [3.8, 4) is 0 Å². The van der Waals surface area contributed by atoms with Crippen LogP contribution >= 0.6 is 0 Å². The SMILES string of the molecule is CC(C)(NS(C)(=O)=O)C(=O)N1CC(n2ccnn2)C1. The largest absolute Gasteiger partial charge is 0.337 e. The van der Waals surface area contributed by atoms with Gasteiger partial charge in [0.2, 0.25) is 15.9 Å². The van der Waals surface area contributed by atoms with Gasteiger partial charge in [-0.05, 0) is 13.8 Å². The minimum atomic E-state index is -3.43. The highest BCUT2D eigenvalue weighted by Gasteiger charge is 2.41. The van der Waals surface area contributed by atoms with Gasteiger partial charge in [0.1, 0.15) is 5.54 Å². The fraction of sp³-hybridized carbons (Fsp3) is 0.700. The fourth-order valence-electron chi connectivity index (χ4n) is 2.10. The Morgan fingerprint density at radius 1 is 1.42 bits per heavy atom. The van der Waals surface area contributed by atoms with Crippen molar-refractivity contribution in [1.29, 1.82) is 0 Å². The van der Waals surface area contributed by atoms with Gasteiger partial charge in [-0.1, -0.05) is 5.21 Å². The predicted octanol–water partition coefficient (Wildman–Crippen LogP) is -1.01. The first kappa shape index (κ1) is 13.9. The summed E-state index contributed by atoms with van der Waals surface area (Å²) in [5.41, 5.74) is -1.14. The Balaban J connectivity index is 1.96. The second kappa shape index (κ2) is 4.57. The molecule has 1 aliphatic heterocycles. The molecule has 0 aliphatic carbocycles. The lowest BCUT2D eigenvalue weighted by Crippen LogP contribution is -2.61. The van der Waals surface area contributed by atoms with Crippen LogP contribution in [0, 0.1) is 0 Å². The lowest BCUT2D eigenvalue weighted by Gasteiger charge is -2.42. The Labute approximate surface area is 111 Å². The van der Waals surface area contributed by atoms with Crippen molar-refractivity contribution in [2.45, 2.75) is 25.4 Å². The van der Waals surface area contributed by atoms with Crippen LogP contribution in [-0.4, -0.2) is 59.1 Å². The summed E-state index contributed by atoms with van der Waals surface area (Å²) in [6.07, 6.45) is 4.36. The molecule has 1 aromatic heterocycles. The number of likely N-dealkylation sites (tertiary alicyclic amines) is 1. The molecule has 8 nitrogen and oxygen atoms in total. The van der Waals surface area contributed by atoms with E-state index < -0.39 is 15.6 Å². The van der Waals surface area contributed by atoms with Crippen molar-refractivity contribution in [2.24, 2.45) is 0 Å². The summed E-state index contributed by atoms with van der Waals surface area (Å²) in [5.74, 6) is -0.241. The lowest BCUT2D eigenvalue weighted by atomic mass is 10.0. The minimum Gasteiger partial charge on any atom is -0.337 e. The van der Waals surface area contributed by atoms with E-state index in [1.807, 2.05) is 0 Å². The van der Waals surface area contributed by atoms with Crippen molar-refractivity contribution < 1.29 is 13.2 Å². The zero-order valence-electron chi connectivity index (χ0n) is 11.1. The van der Waals surface area contributed by atoms with Crippen molar-refractivity contribution in [2.75, 3.05) is 19.3 Å². The maximum atomic E-state index is 12.2. The van der Waals surface area contributed by atoms with Crippen LogP contribution in [0.4, 0.5) is 0 Å². The molecule has 2 rings (SSSR count). The summed E-state index contributed by atoms with van der Waals surface area (Å²) >= 11 is 0. The van der Waals surface area contributed by atoms with Crippen molar-refractivity contribution in [3.63, 3.8) is 0 Å². The number of carbonyl (C=O) groups is 1. The van der Waals surface area contributed by atoms with Gasteiger partial charge >= 0.3 is 0 Å². The van der Waals surface area contributed by atoms with E-state index in [-0.39, 0.29) is 11.9 Å². The number of nitrogens with zero attached hydrogens (tertiary/aromatic N) is 4. The summed E-state index contributed by atoms with van der Waals surface area (Å²) in [7, 11) is -3.43. The first-order valence-electron chi connectivity index (χ1n) is 5.83. The Kier molecular flexibility index (Phi) is 3.35. The van der Waals surface area contributed by atoms with E-state index in [0.29, 0.717) is 13.1 Å². The number of sulfonamides is 1. The van der Waals surface area contributed by atoms with Crippen molar-refractivity contribution in [1.82, 2.24) is 24.6 Å². The van der Waals surface area contributed by atoms with E-state index in [1.165, 1.54) is 0 Å². The van der Waals surface area contributed by atoms with Gasteiger partial charge in [0.05, 0.1) is 18.5 Å². The molecule has 0 spiro atoms. The first-order chi connectivity index (χ1) is 8.69. The number of carbonyl (C=O) groups excluding carboxylic acids is 1. The van der Waals surface area contributed by atoms with Crippen molar-refractivity contribution >= 4 is 15.9 Å². The van der Waals surface area contributed by atoms with Gasteiger partial charge in [0, 0.05) is 19.3 Å². The Morgan fingerprint density at radius 3 is 2.53 bits per heavy atom. The molecular formula is C10H17N5O3S. The van der Waals surface area contributed by atoms with Gasteiger partial charge in [0.15, 0.2) is 0 Å². The summed E-state index contributed by atoms with van der Waals surface area (Å²) in [4.78, 5) is 13.8. The third-order valence-electron chi connectivity index (χ3n) is 2.94. The molecule has 0 aromatic carbocycles. The van der Waals surface area contributed by atoms with E-state index >= 15 is 0 Å². The molecule has 1 saturated heterocycles. The third kappa shape index (κ3) is 3.10. The van der Waals surface area contributed by atoms with Crippen LogP contribution in [0.5, 0.6) is 0 Å². The minimum absolute atomic E-state index is 0.112. The molecule has 1 N–H and O–H groups in total. The molecule has 19 heavy (non-hydrogen) atoms. The highest BCUT2D eigenvalue weighted by molar-refractivity contribution is 7.88. The molecule has 1 aromatic rings. The lowest BCUT2D eigenvalue weighted by molar-refractivity contribution is -0.142.